The van der Waals surface area contributed by atoms with Crippen LogP contribution in [0.25, 0.3) is 0 Å². The minimum atomic E-state index is 0.437. The molecule has 3 nitrogen and oxygen atoms in total. The van der Waals surface area contributed by atoms with Gasteiger partial charge in [-0.25, -0.2) is 9.97 Å². The van der Waals surface area contributed by atoms with E-state index in [9.17, 15) is 0 Å². The first-order valence-electron chi connectivity index (χ1n) is 6.48. The number of anilines is 1. The Bertz CT molecular complexity index is 383. The van der Waals surface area contributed by atoms with Crippen molar-refractivity contribution in [3.05, 3.63) is 15.1 Å². The van der Waals surface area contributed by atoms with Gasteiger partial charge in [0.2, 0.25) is 0 Å². The largest absolute Gasteiger partial charge is 0.369 e. The van der Waals surface area contributed by atoms with E-state index >= 15 is 0 Å². The summed E-state index contributed by atoms with van der Waals surface area (Å²) in [6.07, 6.45) is 1.20. The average Bonchev–Trinajstić information content (AvgIpc) is 2.33. The van der Waals surface area contributed by atoms with Crippen molar-refractivity contribution in [2.24, 2.45) is 0 Å². The van der Waals surface area contributed by atoms with Crippen LogP contribution in [-0.2, 0) is 5.75 Å². The molecule has 1 aromatic heterocycles. The highest BCUT2D eigenvalue weighted by atomic mass is 127. The predicted molar refractivity (Wildman–Crippen MR) is 89.5 cm³/mol. The molecule has 0 saturated carbocycles. The molecule has 1 heterocycles. The molecular weight excluding hydrogens is 357 g/mol. The van der Waals surface area contributed by atoms with Gasteiger partial charge in [-0.2, -0.15) is 11.8 Å². The van der Waals surface area contributed by atoms with E-state index in [0.29, 0.717) is 5.92 Å². The van der Waals surface area contributed by atoms with Crippen molar-refractivity contribution < 1.29 is 0 Å². The standard InChI is InChI=1S/C13H22IN3S/c1-5-7-18-8-10-16-12(9(3)4)11(14)13(17-10)15-6-2/h9H,5-8H2,1-4H3,(H,15,16,17). The molecule has 102 valence electrons. The third-order valence-corrected chi connectivity index (χ3v) is 4.62. The number of halogens is 1. The van der Waals surface area contributed by atoms with Crippen LogP contribution in [0, 0.1) is 3.57 Å². The number of hydrogen-bond donors (Lipinski definition) is 1. The first-order chi connectivity index (χ1) is 8.60. The molecule has 5 heteroatoms. The summed E-state index contributed by atoms with van der Waals surface area (Å²) in [5.74, 6) is 4.45. The van der Waals surface area contributed by atoms with Crippen LogP contribution in [0.1, 0.15) is 51.6 Å². The molecule has 0 radical (unpaired) electrons. The summed E-state index contributed by atoms with van der Waals surface area (Å²) in [5.41, 5.74) is 1.16. The van der Waals surface area contributed by atoms with Crippen molar-refractivity contribution in [3.8, 4) is 0 Å². The summed E-state index contributed by atoms with van der Waals surface area (Å²) in [6, 6.07) is 0. The van der Waals surface area contributed by atoms with E-state index in [2.05, 4.69) is 60.6 Å². The van der Waals surface area contributed by atoms with Gasteiger partial charge in [0.15, 0.2) is 0 Å². The van der Waals surface area contributed by atoms with Gasteiger partial charge in [-0.3, -0.25) is 0 Å². The maximum Gasteiger partial charge on any atom is 0.143 e. The molecule has 0 amide bonds. The fourth-order valence-corrected chi connectivity index (χ4v) is 3.35. The van der Waals surface area contributed by atoms with Crippen molar-refractivity contribution in [2.45, 2.75) is 45.8 Å². The summed E-state index contributed by atoms with van der Waals surface area (Å²) in [6.45, 7) is 9.56. The molecule has 0 aliphatic carbocycles. The molecule has 1 rings (SSSR count). The zero-order chi connectivity index (χ0) is 13.5. The normalized spacial score (nSPS) is 11.0. The Morgan fingerprint density at radius 3 is 2.56 bits per heavy atom. The summed E-state index contributed by atoms with van der Waals surface area (Å²) in [4.78, 5) is 9.33. The van der Waals surface area contributed by atoms with Crippen molar-refractivity contribution >= 4 is 40.2 Å². The minimum Gasteiger partial charge on any atom is -0.369 e. The first kappa shape index (κ1) is 16.0. The van der Waals surface area contributed by atoms with Crippen LogP contribution in [0.15, 0.2) is 0 Å². The molecule has 0 unspecified atom stereocenters. The number of aromatic nitrogens is 2. The smallest absolute Gasteiger partial charge is 0.143 e. The second-order valence-corrected chi connectivity index (χ2v) is 6.61. The third-order valence-electron chi connectivity index (χ3n) is 2.39. The van der Waals surface area contributed by atoms with Gasteiger partial charge in [0.05, 0.1) is 15.0 Å². The molecule has 0 saturated heterocycles. The Labute approximate surface area is 128 Å². The summed E-state index contributed by atoms with van der Waals surface area (Å²) in [7, 11) is 0. The molecule has 0 spiro atoms. The Hall–Kier alpha value is -0.0400. The molecule has 0 aliphatic heterocycles. The van der Waals surface area contributed by atoms with Crippen LogP contribution in [0.4, 0.5) is 5.82 Å². The van der Waals surface area contributed by atoms with Crippen molar-refractivity contribution in [1.82, 2.24) is 9.97 Å². The van der Waals surface area contributed by atoms with Crippen molar-refractivity contribution in [1.29, 1.82) is 0 Å². The van der Waals surface area contributed by atoms with E-state index in [4.69, 9.17) is 4.98 Å². The molecule has 0 aromatic carbocycles. The van der Waals surface area contributed by atoms with E-state index in [1.165, 1.54) is 12.2 Å². The van der Waals surface area contributed by atoms with Crippen molar-refractivity contribution in [3.63, 3.8) is 0 Å². The van der Waals surface area contributed by atoms with Gasteiger partial charge in [0.25, 0.3) is 0 Å². The van der Waals surface area contributed by atoms with Crippen molar-refractivity contribution in [2.75, 3.05) is 17.6 Å². The lowest BCUT2D eigenvalue weighted by Gasteiger charge is -2.14. The first-order valence-corrected chi connectivity index (χ1v) is 8.71. The summed E-state index contributed by atoms with van der Waals surface area (Å²) < 4.78 is 1.16. The summed E-state index contributed by atoms with van der Waals surface area (Å²) >= 11 is 4.25. The maximum atomic E-state index is 4.71. The number of nitrogens with one attached hydrogen (secondary N) is 1. The fourth-order valence-electron chi connectivity index (χ4n) is 1.55. The van der Waals surface area contributed by atoms with Gasteiger partial charge < -0.3 is 5.32 Å². The van der Waals surface area contributed by atoms with Gasteiger partial charge in [-0.15, -0.1) is 0 Å². The van der Waals surface area contributed by atoms with E-state index in [1.807, 2.05) is 11.8 Å². The molecule has 1 aromatic rings. The second kappa shape index (κ2) is 8.19. The number of rotatable bonds is 7. The predicted octanol–water partition coefficient (Wildman–Crippen LogP) is 4.28. The topological polar surface area (TPSA) is 37.8 Å². The van der Waals surface area contributed by atoms with Crippen LogP contribution < -0.4 is 5.32 Å². The van der Waals surface area contributed by atoms with Gasteiger partial charge in [0.1, 0.15) is 11.6 Å². The van der Waals surface area contributed by atoms with E-state index in [1.54, 1.807) is 0 Å². The van der Waals surface area contributed by atoms with Crippen LogP contribution >= 0.6 is 34.4 Å². The second-order valence-electron chi connectivity index (χ2n) is 4.43. The Morgan fingerprint density at radius 2 is 2.00 bits per heavy atom. The highest BCUT2D eigenvalue weighted by Gasteiger charge is 2.14. The minimum absolute atomic E-state index is 0.437. The monoisotopic (exact) mass is 379 g/mol. The Kier molecular flexibility index (Phi) is 7.29. The van der Waals surface area contributed by atoms with Gasteiger partial charge in [-0.1, -0.05) is 20.8 Å². The van der Waals surface area contributed by atoms with Gasteiger partial charge >= 0.3 is 0 Å². The van der Waals surface area contributed by atoms with Gasteiger partial charge in [-0.05, 0) is 47.6 Å². The van der Waals surface area contributed by atoms with E-state index in [-0.39, 0.29) is 0 Å². The summed E-state index contributed by atoms with van der Waals surface area (Å²) in [5, 5.41) is 3.33. The highest BCUT2D eigenvalue weighted by molar-refractivity contribution is 14.1. The number of hydrogen-bond acceptors (Lipinski definition) is 4. The van der Waals surface area contributed by atoms with Crippen LogP contribution in [0.5, 0.6) is 0 Å². The lowest BCUT2D eigenvalue weighted by molar-refractivity contribution is 0.791. The molecule has 0 bridgehead atoms. The Balaban J connectivity index is 2.96. The molecule has 18 heavy (non-hydrogen) atoms. The van der Waals surface area contributed by atoms with E-state index in [0.717, 1.165) is 33.2 Å². The zero-order valence-electron chi connectivity index (χ0n) is 11.6. The maximum absolute atomic E-state index is 4.71. The third kappa shape index (κ3) is 4.57. The van der Waals surface area contributed by atoms with E-state index < -0.39 is 0 Å². The zero-order valence-corrected chi connectivity index (χ0v) is 14.6. The Morgan fingerprint density at radius 1 is 1.28 bits per heavy atom. The lowest BCUT2D eigenvalue weighted by Crippen LogP contribution is -2.10. The molecule has 0 atom stereocenters. The molecule has 1 N–H and O–H groups in total. The average molecular weight is 379 g/mol. The molecule has 0 aliphatic rings. The lowest BCUT2D eigenvalue weighted by atomic mass is 10.1. The van der Waals surface area contributed by atoms with Crippen LogP contribution in [-0.4, -0.2) is 22.3 Å². The van der Waals surface area contributed by atoms with Crippen LogP contribution in [0.2, 0.25) is 0 Å². The molecular formula is C13H22IN3S. The quantitative estimate of drug-likeness (QED) is 0.567. The SMILES string of the molecule is CCCSCc1nc(NCC)c(I)c(C(C)C)n1. The van der Waals surface area contributed by atoms with Gasteiger partial charge in [0, 0.05) is 6.54 Å². The number of thioether (sulfide) groups is 1. The highest BCUT2D eigenvalue weighted by Crippen LogP contribution is 2.26. The fraction of sp³-hybridized carbons (Fsp3) is 0.692. The molecule has 0 fully saturated rings. The van der Waals surface area contributed by atoms with Crippen LogP contribution in [0.3, 0.4) is 0 Å². The number of nitrogens with zero attached hydrogens (tertiary/aromatic N) is 2.